The minimum Gasteiger partial charge on any atom is -0.497 e. The molecule has 3 heteroatoms. The van der Waals surface area contributed by atoms with Crippen molar-refractivity contribution in [2.45, 2.75) is 12.8 Å². The standard InChI is InChI=1S/C13H14O3/c1-15-12-4-2-3-10(7-12)8-13-9-11(14)5-6-16-13/h2-4,7-8H,5-6,9H2,1H3/b13-8+. The van der Waals surface area contributed by atoms with Crippen LogP contribution in [0.3, 0.4) is 0 Å². The summed E-state index contributed by atoms with van der Waals surface area (Å²) in [6.07, 6.45) is 2.81. The molecule has 0 bridgehead atoms. The third-order valence-electron chi connectivity index (χ3n) is 2.46. The lowest BCUT2D eigenvalue weighted by Crippen LogP contribution is -2.12. The molecule has 0 saturated carbocycles. The summed E-state index contributed by atoms with van der Waals surface area (Å²) < 4.78 is 10.6. The highest BCUT2D eigenvalue weighted by Gasteiger charge is 2.13. The van der Waals surface area contributed by atoms with Crippen molar-refractivity contribution in [1.29, 1.82) is 0 Å². The van der Waals surface area contributed by atoms with Crippen LogP contribution in [0.15, 0.2) is 30.0 Å². The first-order chi connectivity index (χ1) is 7.78. The first kappa shape index (κ1) is 10.7. The molecule has 1 heterocycles. The minimum atomic E-state index is 0.236. The van der Waals surface area contributed by atoms with Gasteiger partial charge in [0.15, 0.2) is 0 Å². The van der Waals surface area contributed by atoms with Crippen LogP contribution in [0.4, 0.5) is 0 Å². The second kappa shape index (κ2) is 4.84. The fourth-order valence-electron chi connectivity index (χ4n) is 1.64. The monoisotopic (exact) mass is 218 g/mol. The quantitative estimate of drug-likeness (QED) is 0.764. The molecule has 0 radical (unpaired) electrons. The van der Waals surface area contributed by atoms with Crippen LogP contribution in [0.2, 0.25) is 0 Å². The first-order valence-electron chi connectivity index (χ1n) is 5.27. The number of hydrogen-bond acceptors (Lipinski definition) is 3. The average molecular weight is 218 g/mol. The van der Waals surface area contributed by atoms with E-state index in [1.807, 2.05) is 30.3 Å². The van der Waals surface area contributed by atoms with Gasteiger partial charge in [0.1, 0.15) is 17.3 Å². The van der Waals surface area contributed by atoms with Crippen LogP contribution < -0.4 is 4.74 Å². The Balaban J connectivity index is 2.17. The van der Waals surface area contributed by atoms with E-state index in [0.29, 0.717) is 19.4 Å². The second-order valence-corrected chi connectivity index (χ2v) is 3.70. The molecule has 1 aromatic rings. The van der Waals surface area contributed by atoms with Gasteiger partial charge in [-0.2, -0.15) is 0 Å². The molecule has 84 valence electrons. The van der Waals surface area contributed by atoms with E-state index in [9.17, 15) is 4.79 Å². The Morgan fingerprint density at radius 1 is 1.44 bits per heavy atom. The Bertz CT molecular complexity index is 421. The van der Waals surface area contributed by atoms with Crippen molar-refractivity contribution in [1.82, 2.24) is 0 Å². The van der Waals surface area contributed by atoms with Crippen LogP contribution in [0, 0.1) is 0 Å². The molecule has 0 aliphatic carbocycles. The van der Waals surface area contributed by atoms with E-state index in [-0.39, 0.29) is 5.78 Å². The third-order valence-corrected chi connectivity index (χ3v) is 2.46. The highest BCUT2D eigenvalue weighted by molar-refractivity contribution is 5.82. The molecule has 0 spiro atoms. The van der Waals surface area contributed by atoms with Crippen molar-refractivity contribution in [3.63, 3.8) is 0 Å². The second-order valence-electron chi connectivity index (χ2n) is 3.70. The van der Waals surface area contributed by atoms with E-state index in [2.05, 4.69) is 0 Å². The molecule has 0 N–H and O–H groups in total. The average Bonchev–Trinajstić information content (AvgIpc) is 2.29. The smallest absolute Gasteiger partial charge is 0.143 e. The Labute approximate surface area is 94.7 Å². The minimum absolute atomic E-state index is 0.236. The van der Waals surface area contributed by atoms with Crippen molar-refractivity contribution < 1.29 is 14.3 Å². The summed E-state index contributed by atoms with van der Waals surface area (Å²) >= 11 is 0. The number of allylic oxidation sites excluding steroid dienone is 1. The van der Waals surface area contributed by atoms with Gasteiger partial charge in [0.2, 0.25) is 0 Å². The molecule has 1 aliphatic rings. The molecule has 0 amide bonds. The number of carbonyl (C=O) groups is 1. The maximum atomic E-state index is 11.2. The zero-order valence-electron chi connectivity index (χ0n) is 9.23. The maximum Gasteiger partial charge on any atom is 0.143 e. The van der Waals surface area contributed by atoms with E-state index < -0.39 is 0 Å². The van der Waals surface area contributed by atoms with E-state index in [1.54, 1.807) is 7.11 Å². The number of benzene rings is 1. The van der Waals surface area contributed by atoms with Gasteiger partial charge < -0.3 is 9.47 Å². The Morgan fingerprint density at radius 3 is 3.06 bits per heavy atom. The number of carbonyl (C=O) groups excluding carboxylic acids is 1. The summed E-state index contributed by atoms with van der Waals surface area (Å²) in [7, 11) is 1.63. The van der Waals surface area contributed by atoms with Gasteiger partial charge in [-0.25, -0.2) is 0 Å². The van der Waals surface area contributed by atoms with Gasteiger partial charge in [0.25, 0.3) is 0 Å². The van der Waals surface area contributed by atoms with Crippen molar-refractivity contribution in [2.75, 3.05) is 13.7 Å². The van der Waals surface area contributed by atoms with Gasteiger partial charge >= 0.3 is 0 Å². The lowest BCUT2D eigenvalue weighted by atomic mass is 10.1. The first-order valence-corrected chi connectivity index (χ1v) is 5.27. The summed E-state index contributed by atoms with van der Waals surface area (Å²) in [5.74, 6) is 1.78. The molecule has 1 aromatic carbocycles. The highest BCUT2D eigenvalue weighted by Crippen LogP contribution is 2.19. The number of Topliss-reactive ketones (excluding diaryl/α,β-unsaturated/α-hetero) is 1. The number of hydrogen-bond donors (Lipinski definition) is 0. The van der Waals surface area contributed by atoms with E-state index in [0.717, 1.165) is 17.1 Å². The highest BCUT2D eigenvalue weighted by atomic mass is 16.5. The molecule has 0 aromatic heterocycles. The third kappa shape index (κ3) is 2.63. The number of rotatable bonds is 2. The van der Waals surface area contributed by atoms with Crippen LogP contribution in [-0.2, 0) is 9.53 Å². The fourth-order valence-corrected chi connectivity index (χ4v) is 1.64. The predicted octanol–water partition coefficient (Wildman–Crippen LogP) is 2.42. The number of ether oxygens (including phenoxy) is 2. The summed E-state index contributed by atoms with van der Waals surface area (Å²) in [6.45, 7) is 0.495. The van der Waals surface area contributed by atoms with Crippen LogP contribution in [0.1, 0.15) is 18.4 Å². The lowest BCUT2D eigenvalue weighted by Gasteiger charge is -2.15. The number of methoxy groups -OCH3 is 1. The summed E-state index contributed by atoms with van der Waals surface area (Å²) in [6, 6.07) is 7.66. The number of ketones is 1. The largest absolute Gasteiger partial charge is 0.497 e. The van der Waals surface area contributed by atoms with Gasteiger partial charge in [-0.15, -0.1) is 0 Å². The molecule has 1 aliphatic heterocycles. The normalized spacial score (nSPS) is 18.3. The molecule has 1 saturated heterocycles. The van der Waals surface area contributed by atoms with E-state index >= 15 is 0 Å². The van der Waals surface area contributed by atoms with Crippen LogP contribution >= 0.6 is 0 Å². The molecule has 0 unspecified atom stereocenters. The van der Waals surface area contributed by atoms with Gasteiger partial charge in [-0.05, 0) is 23.8 Å². The zero-order chi connectivity index (χ0) is 11.4. The lowest BCUT2D eigenvalue weighted by molar-refractivity contribution is -0.121. The van der Waals surface area contributed by atoms with Gasteiger partial charge in [0.05, 0.1) is 20.1 Å². The van der Waals surface area contributed by atoms with Crippen LogP contribution in [0.5, 0.6) is 5.75 Å². The van der Waals surface area contributed by atoms with E-state index in [4.69, 9.17) is 9.47 Å². The molecular weight excluding hydrogens is 204 g/mol. The van der Waals surface area contributed by atoms with Gasteiger partial charge in [-0.1, -0.05) is 12.1 Å². The van der Waals surface area contributed by atoms with Crippen molar-refractivity contribution in [2.24, 2.45) is 0 Å². The molecule has 3 nitrogen and oxygen atoms in total. The van der Waals surface area contributed by atoms with Crippen molar-refractivity contribution >= 4 is 11.9 Å². The van der Waals surface area contributed by atoms with Crippen LogP contribution in [-0.4, -0.2) is 19.5 Å². The topological polar surface area (TPSA) is 35.5 Å². The summed E-state index contributed by atoms with van der Waals surface area (Å²) in [5, 5.41) is 0. The van der Waals surface area contributed by atoms with Gasteiger partial charge in [-0.3, -0.25) is 4.79 Å². The van der Waals surface area contributed by atoms with E-state index in [1.165, 1.54) is 0 Å². The Morgan fingerprint density at radius 2 is 2.31 bits per heavy atom. The summed E-state index contributed by atoms with van der Waals surface area (Å²) in [4.78, 5) is 11.2. The predicted molar refractivity (Wildman–Crippen MR) is 61.2 cm³/mol. The van der Waals surface area contributed by atoms with Crippen LogP contribution in [0.25, 0.3) is 6.08 Å². The van der Waals surface area contributed by atoms with Crippen molar-refractivity contribution in [3.8, 4) is 5.75 Å². The zero-order valence-corrected chi connectivity index (χ0v) is 9.23. The Hall–Kier alpha value is -1.77. The fraction of sp³-hybridized carbons (Fsp3) is 0.308. The Kier molecular flexibility index (Phi) is 3.25. The molecule has 2 rings (SSSR count). The molecular formula is C13H14O3. The molecule has 1 fully saturated rings. The maximum absolute atomic E-state index is 11.2. The van der Waals surface area contributed by atoms with Crippen molar-refractivity contribution in [3.05, 3.63) is 35.6 Å². The molecule has 16 heavy (non-hydrogen) atoms. The molecule has 0 atom stereocenters. The SMILES string of the molecule is COc1cccc(/C=C2\CC(=O)CCO2)c1. The van der Waals surface area contributed by atoms with Gasteiger partial charge in [0, 0.05) is 6.42 Å². The summed E-state index contributed by atoms with van der Waals surface area (Å²) in [5.41, 5.74) is 0.990.